The molecule has 1 amide bonds. The summed E-state index contributed by atoms with van der Waals surface area (Å²) in [5.74, 6) is 0.211. The van der Waals surface area contributed by atoms with Crippen LogP contribution in [0.5, 0.6) is 5.75 Å². The second-order valence-electron chi connectivity index (χ2n) is 5.33. The number of pyridine rings is 1. The summed E-state index contributed by atoms with van der Waals surface area (Å²) in [4.78, 5) is 27.5. The zero-order valence-corrected chi connectivity index (χ0v) is 13.1. The fraction of sp³-hybridized carbons (Fsp3) is 0.176. The van der Waals surface area contributed by atoms with E-state index in [-0.39, 0.29) is 11.5 Å². The van der Waals surface area contributed by atoms with E-state index in [1.165, 1.54) is 7.11 Å². The number of nitrogens with one attached hydrogen (secondary N) is 2. The molecule has 0 aliphatic heterocycles. The molecule has 0 saturated heterocycles. The fourth-order valence-electron chi connectivity index (χ4n) is 2.76. The molecule has 6 heteroatoms. The van der Waals surface area contributed by atoms with Gasteiger partial charge in [0.25, 0.3) is 11.5 Å². The summed E-state index contributed by atoms with van der Waals surface area (Å²) in [6.07, 6.45) is 3.31. The van der Waals surface area contributed by atoms with Crippen molar-refractivity contribution in [1.82, 2.24) is 9.55 Å². The van der Waals surface area contributed by atoms with Crippen LogP contribution in [0.15, 0.2) is 41.5 Å². The lowest BCUT2D eigenvalue weighted by atomic mass is 10.1. The van der Waals surface area contributed by atoms with E-state index < -0.39 is 0 Å². The molecule has 0 atom stereocenters. The number of ether oxygens (including phenoxy) is 1. The maximum atomic E-state index is 12.6. The highest BCUT2D eigenvalue weighted by Gasteiger charge is 2.19. The van der Waals surface area contributed by atoms with Crippen molar-refractivity contribution in [2.45, 2.75) is 6.92 Å². The number of H-pyrrole nitrogens is 1. The molecule has 1 aromatic carbocycles. The van der Waals surface area contributed by atoms with Gasteiger partial charge in [-0.1, -0.05) is 12.1 Å². The predicted octanol–water partition coefficient (Wildman–Crippen LogP) is 2.44. The van der Waals surface area contributed by atoms with Gasteiger partial charge in [0.2, 0.25) is 0 Å². The maximum Gasteiger partial charge on any atom is 0.258 e. The molecule has 23 heavy (non-hydrogen) atoms. The number of fused-ring (bicyclic) bond motifs is 1. The van der Waals surface area contributed by atoms with Crippen LogP contribution < -0.4 is 15.6 Å². The van der Waals surface area contributed by atoms with E-state index in [1.807, 2.05) is 20.0 Å². The maximum absolute atomic E-state index is 12.6. The van der Waals surface area contributed by atoms with E-state index in [2.05, 4.69) is 10.3 Å². The van der Waals surface area contributed by atoms with Gasteiger partial charge in [0.1, 0.15) is 5.75 Å². The van der Waals surface area contributed by atoms with Gasteiger partial charge in [0, 0.05) is 19.4 Å². The number of anilines is 1. The standard InChI is InChI=1S/C17H17N3O3/c1-10-8-18-17(22)14-11(9-20(2)15(10)14)16(21)19-12-6-4-5-7-13(12)23-3/h4-9H,1-3H3,(H,18,22)(H,19,21). The van der Waals surface area contributed by atoms with Gasteiger partial charge in [-0.15, -0.1) is 0 Å². The highest BCUT2D eigenvalue weighted by molar-refractivity contribution is 6.13. The SMILES string of the molecule is COc1ccccc1NC(=O)c1cn(C)c2c(C)c[nH]c(=O)c12. The average molecular weight is 311 g/mol. The van der Waals surface area contributed by atoms with Crippen LogP contribution in [0.4, 0.5) is 5.69 Å². The van der Waals surface area contributed by atoms with E-state index in [9.17, 15) is 9.59 Å². The lowest BCUT2D eigenvalue weighted by Gasteiger charge is -2.09. The lowest BCUT2D eigenvalue weighted by Crippen LogP contribution is -2.15. The van der Waals surface area contributed by atoms with Crippen LogP contribution in [0.3, 0.4) is 0 Å². The number of rotatable bonds is 3. The zero-order chi connectivity index (χ0) is 16.6. The average Bonchev–Trinajstić information content (AvgIpc) is 2.90. The molecule has 2 N–H and O–H groups in total. The van der Waals surface area contributed by atoms with Crippen molar-refractivity contribution in [2.24, 2.45) is 7.05 Å². The summed E-state index contributed by atoms with van der Waals surface area (Å²) in [5.41, 5.74) is 2.26. The number of aromatic amines is 1. The van der Waals surface area contributed by atoms with Gasteiger partial charge < -0.3 is 19.6 Å². The first-order valence-electron chi connectivity index (χ1n) is 7.14. The Labute approximate surface area is 132 Å². The van der Waals surface area contributed by atoms with Gasteiger partial charge in [-0.2, -0.15) is 0 Å². The number of hydrogen-bond donors (Lipinski definition) is 2. The van der Waals surface area contributed by atoms with Crippen LogP contribution in [0.2, 0.25) is 0 Å². The second-order valence-corrected chi connectivity index (χ2v) is 5.33. The van der Waals surface area contributed by atoms with Crippen molar-refractivity contribution in [3.05, 3.63) is 58.1 Å². The predicted molar refractivity (Wildman–Crippen MR) is 89.2 cm³/mol. The lowest BCUT2D eigenvalue weighted by molar-refractivity contribution is 0.102. The van der Waals surface area contributed by atoms with Crippen LogP contribution in [0.1, 0.15) is 15.9 Å². The van der Waals surface area contributed by atoms with Gasteiger partial charge in [0.15, 0.2) is 0 Å². The molecule has 0 fully saturated rings. The number of aromatic nitrogens is 2. The third-order valence-electron chi connectivity index (χ3n) is 3.80. The summed E-state index contributed by atoms with van der Waals surface area (Å²) in [6, 6.07) is 7.13. The van der Waals surface area contributed by atoms with Gasteiger partial charge >= 0.3 is 0 Å². The topological polar surface area (TPSA) is 76.1 Å². The van der Waals surface area contributed by atoms with Gasteiger partial charge in [-0.05, 0) is 24.6 Å². The van der Waals surface area contributed by atoms with Gasteiger partial charge in [-0.25, -0.2) is 0 Å². The van der Waals surface area contributed by atoms with E-state index >= 15 is 0 Å². The molecule has 2 heterocycles. The minimum atomic E-state index is -0.351. The number of aryl methyl sites for hydroxylation is 2. The number of amides is 1. The van der Waals surface area contributed by atoms with Crippen molar-refractivity contribution in [3.8, 4) is 5.75 Å². The quantitative estimate of drug-likeness (QED) is 0.780. The van der Waals surface area contributed by atoms with Gasteiger partial charge in [0.05, 0.1) is 29.3 Å². The highest BCUT2D eigenvalue weighted by atomic mass is 16.5. The Morgan fingerprint density at radius 1 is 1.30 bits per heavy atom. The summed E-state index contributed by atoms with van der Waals surface area (Å²) in [5, 5.41) is 3.19. The number of nitrogens with zero attached hydrogens (tertiary/aromatic N) is 1. The van der Waals surface area contributed by atoms with Crippen molar-refractivity contribution in [1.29, 1.82) is 0 Å². The summed E-state index contributed by atoms with van der Waals surface area (Å²) >= 11 is 0. The Bertz CT molecular complexity index is 953. The number of hydrogen-bond acceptors (Lipinski definition) is 3. The van der Waals surface area contributed by atoms with E-state index in [0.29, 0.717) is 22.4 Å². The first kappa shape index (κ1) is 14.9. The van der Waals surface area contributed by atoms with Crippen molar-refractivity contribution >= 4 is 22.5 Å². The number of para-hydroxylation sites is 2. The Morgan fingerprint density at radius 2 is 2.04 bits per heavy atom. The Hall–Kier alpha value is -3.02. The van der Waals surface area contributed by atoms with Crippen molar-refractivity contribution in [2.75, 3.05) is 12.4 Å². The Morgan fingerprint density at radius 3 is 2.78 bits per heavy atom. The Balaban J connectivity index is 2.09. The van der Waals surface area contributed by atoms with Crippen LogP contribution in [-0.2, 0) is 7.05 Å². The molecule has 3 aromatic rings. The van der Waals surface area contributed by atoms with Crippen LogP contribution in [0, 0.1) is 6.92 Å². The van der Waals surface area contributed by atoms with Crippen LogP contribution >= 0.6 is 0 Å². The molecule has 0 unspecified atom stereocenters. The first-order chi connectivity index (χ1) is 11.0. The molecule has 2 aromatic heterocycles. The van der Waals surface area contributed by atoms with Crippen LogP contribution in [0.25, 0.3) is 10.9 Å². The minimum absolute atomic E-state index is 0.281. The molecule has 6 nitrogen and oxygen atoms in total. The summed E-state index contributed by atoms with van der Waals surface area (Å²) in [7, 11) is 3.35. The monoisotopic (exact) mass is 311 g/mol. The molecule has 0 aliphatic rings. The number of benzene rings is 1. The van der Waals surface area contributed by atoms with Crippen molar-refractivity contribution in [3.63, 3.8) is 0 Å². The number of methoxy groups -OCH3 is 1. The third-order valence-corrected chi connectivity index (χ3v) is 3.80. The molecule has 0 spiro atoms. The normalized spacial score (nSPS) is 10.7. The van der Waals surface area contributed by atoms with E-state index in [4.69, 9.17) is 4.74 Å². The molecule has 118 valence electrons. The largest absolute Gasteiger partial charge is 0.495 e. The third kappa shape index (κ3) is 2.48. The fourth-order valence-corrected chi connectivity index (χ4v) is 2.76. The molecular formula is C17H17N3O3. The summed E-state index contributed by atoms with van der Waals surface area (Å²) in [6.45, 7) is 1.89. The van der Waals surface area contributed by atoms with Crippen molar-refractivity contribution < 1.29 is 9.53 Å². The molecular weight excluding hydrogens is 294 g/mol. The number of carbonyl (C=O) groups is 1. The van der Waals surface area contributed by atoms with Crippen LogP contribution in [-0.4, -0.2) is 22.6 Å². The molecule has 0 bridgehead atoms. The Kier molecular flexibility index (Phi) is 3.65. The summed E-state index contributed by atoms with van der Waals surface area (Å²) < 4.78 is 7.02. The number of carbonyl (C=O) groups excluding carboxylic acids is 1. The second kappa shape index (κ2) is 5.64. The smallest absolute Gasteiger partial charge is 0.258 e. The molecule has 3 rings (SSSR count). The highest BCUT2D eigenvalue weighted by Crippen LogP contribution is 2.25. The molecule has 0 saturated carbocycles. The van der Waals surface area contributed by atoms with E-state index in [0.717, 1.165) is 11.1 Å². The molecule has 0 aliphatic carbocycles. The molecule has 0 radical (unpaired) electrons. The zero-order valence-electron chi connectivity index (χ0n) is 13.1. The minimum Gasteiger partial charge on any atom is -0.495 e. The van der Waals surface area contributed by atoms with E-state index in [1.54, 1.807) is 35.2 Å². The van der Waals surface area contributed by atoms with Gasteiger partial charge in [-0.3, -0.25) is 9.59 Å². The first-order valence-corrected chi connectivity index (χ1v) is 7.14.